The molecule has 0 unspecified atom stereocenters. The average Bonchev–Trinajstić information content (AvgIpc) is 3.51. The Balaban J connectivity index is 1.21. The summed E-state index contributed by atoms with van der Waals surface area (Å²) in [5.41, 5.74) is 2.70. The molecular formula is C27H26N6O3. The standard InChI is InChI=1S/C27H26N6O3/c34-24-5-1-2-12-33(24)17-27(36)10-3-4-20(15-27)29-26(35)18-6-8-22-21(14-18)25(31-30-22)19-7-9-23-28-11-13-32(23)16-19/h1-2,5-9,11-14,16,20,36H,3-4,10,15,17H2,(H,29,35)(H,30,31)/t20-,27-/m0/s1. The van der Waals surface area contributed by atoms with Crippen LogP contribution in [0.15, 0.2) is 78.1 Å². The molecule has 6 rings (SSSR count). The lowest BCUT2D eigenvalue weighted by molar-refractivity contribution is -0.0218. The van der Waals surface area contributed by atoms with Gasteiger partial charge in [0.2, 0.25) is 0 Å². The summed E-state index contributed by atoms with van der Waals surface area (Å²) in [6, 6.07) is 14.1. The highest BCUT2D eigenvalue weighted by Gasteiger charge is 2.35. The Morgan fingerprint density at radius 1 is 1.19 bits per heavy atom. The van der Waals surface area contributed by atoms with Crippen LogP contribution in [-0.2, 0) is 6.54 Å². The summed E-state index contributed by atoms with van der Waals surface area (Å²) in [4.78, 5) is 29.6. The van der Waals surface area contributed by atoms with Gasteiger partial charge in [-0.15, -0.1) is 0 Å². The summed E-state index contributed by atoms with van der Waals surface area (Å²) in [6.07, 6.45) is 9.81. The molecule has 9 heteroatoms. The number of hydrogen-bond acceptors (Lipinski definition) is 5. The molecule has 1 aliphatic rings. The molecule has 1 saturated carbocycles. The molecule has 36 heavy (non-hydrogen) atoms. The predicted molar refractivity (Wildman–Crippen MR) is 136 cm³/mol. The number of aromatic amines is 1. The van der Waals surface area contributed by atoms with Gasteiger partial charge in [-0.25, -0.2) is 4.98 Å². The van der Waals surface area contributed by atoms with Gasteiger partial charge in [0.1, 0.15) is 11.3 Å². The Hall–Kier alpha value is -4.24. The van der Waals surface area contributed by atoms with Crippen LogP contribution in [0.1, 0.15) is 36.0 Å². The normalized spacial score (nSPS) is 20.1. The van der Waals surface area contributed by atoms with Gasteiger partial charge in [-0.1, -0.05) is 6.07 Å². The van der Waals surface area contributed by atoms with E-state index in [2.05, 4.69) is 20.5 Å². The van der Waals surface area contributed by atoms with E-state index >= 15 is 0 Å². The number of hydrogen-bond donors (Lipinski definition) is 3. The number of H-pyrrole nitrogens is 1. The van der Waals surface area contributed by atoms with Gasteiger partial charge in [0.05, 0.1) is 17.7 Å². The SMILES string of the molecule is O=C(N[C@H]1CCC[C@@](O)(Cn2ccccc2=O)C1)c1ccc2[nH]nc(-c3ccc4nccn4c3)c2c1. The highest BCUT2D eigenvalue weighted by molar-refractivity contribution is 6.01. The molecule has 1 fully saturated rings. The minimum absolute atomic E-state index is 0.145. The zero-order valence-corrected chi connectivity index (χ0v) is 19.6. The molecule has 3 N–H and O–H groups in total. The number of pyridine rings is 2. The molecule has 1 aliphatic carbocycles. The fraction of sp³-hybridized carbons (Fsp3) is 0.259. The predicted octanol–water partition coefficient (Wildman–Crippen LogP) is 3.14. The quantitative estimate of drug-likeness (QED) is 0.356. The maximum Gasteiger partial charge on any atom is 0.251 e. The van der Waals surface area contributed by atoms with Crippen LogP contribution in [0.25, 0.3) is 27.8 Å². The van der Waals surface area contributed by atoms with E-state index < -0.39 is 5.60 Å². The van der Waals surface area contributed by atoms with Gasteiger partial charge >= 0.3 is 0 Å². The molecule has 9 nitrogen and oxygen atoms in total. The lowest BCUT2D eigenvalue weighted by Crippen LogP contribution is -2.48. The third kappa shape index (κ3) is 4.18. The topological polar surface area (TPSA) is 117 Å². The molecular weight excluding hydrogens is 456 g/mol. The number of imidazole rings is 1. The zero-order chi connectivity index (χ0) is 24.7. The van der Waals surface area contributed by atoms with E-state index in [4.69, 9.17) is 0 Å². The van der Waals surface area contributed by atoms with Crippen LogP contribution in [0.4, 0.5) is 0 Å². The maximum absolute atomic E-state index is 13.2. The number of rotatable bonds is 5. The summed E-state index contributed by atoms with van der Waals surface area (Å²) in [5, 5.41) is 22.7. The number of carbonyl (C=O) groups is 1. The van der Waals surface area contributed by atoms with Crippen LogP contribution in [0, 0.1) is 0 Å². The molecule has 5 aromatic rings. The molecule has 2 atom stereocenters. The number of amides is 1. The van der Waals surface area contributed by atoms with E-state index in [0.29, 0.717) is 18.4 Å². The highest BCUT2D eigenvalue weighted by atomic mass is 16.3. The van der Waals surface area contributed by atoms with Gasteiger partial charge in [0.25, 0.3) is 11.5 Å². The largest absolute Gasteiger partial charge is 0.388 e. The molecule has 182 valence electrons. The van der Waals surface area contributed by atoms with Gasteiger partial charge < -0.3 is 19.4 Å². The van der Waals surface area contributed by atoms with Gasteiger partial charge in [0.15, 0.2) is 0 Å². The van der Waals surface area contributed by atoms with Crippen molar-refractivity contribution >= 4 is 22.5 Å². The van der Waals surface area contributed by atoms with Gasteiger partial charge in [-0.2, -0.15) is 5.10 Å². The maximum atomic E-state index is 13.2. The Bertz CT molecular complexity index is 1630. The second kappa shape index (κ2) is 8.76. The lowest BCUT2D eigenvalue weighted by atomic mass is 9.81. The molecule has 0 bridgehead atoms. The van der Waals surface area contributed by atoms with Crippen LogP contribution in [0.3, 0.4) is 0 Å². The molecule has 0 radical (unpaired) electrons. The van der Waals surface area contributed by atoms with Crippen molar-refractivity contribution in [2.24, 2.45) is 0 Å². The number of carbonyl (C=O) groups excluding carboxylic acids is 1. The fourth-order valence-corrected chi connectivity index (χ4v) is 5.22. The van der Waals surface area contributed by atoms with Crippen molar-refractivity contribution in [2.45, 2.75) is 43.9 Å². The van der Waals surface area contributed by atoms with E-state index in [-0.39, 0.29) is 24.1 Å². The van der Waals surface area contributed by atoms with E-state index in [0.717, 1.165) is 40.6 Å². The number of fused-ring (bicyclic) bond motifs is 2. The molecule has 0 saturated heterocycles. The number of aromatic nitrogens is 5. The first-order valence-corrected chi connectivity index (χ1v) is 12.1. The summed E-state index contributed by atoms with van der Waals surface area (Å²) >= 11 is 0. The van der Waals surface area contributed by atoms with Crippen molar-refractivity contribution in [3.63, 3.8) is 0 Å². The van der Waals surface area contributed by atoms with Crippen molar-refractivity contribution in [3.8, 4) is 11.3 Å². The fourth-order valence-electron chi connectivity index (χ4n) is 5.22. The minimum atomic E-state index is -1.05. The van der Waals surface area contributed by atoms with Crippen LogP contribution >= 0.6 is 0 Å². The third-order valence-electron chi connectivity index (χ3n) is 7.01. The summed E-state index contributed by atoms with van der Waals surface area (Å²) in [5.74, 6) is -0.194. The second-order valence-corrected chi connectivity index (χ2v) is 9.60. The Morgan fingerprint density at radius 3 is 3.00 bits per heavy atom. The summed E-state index contributed by atoms with van der Waals surface area (Å²) in [6.45, 7) is 0.213. The number of aliphatic hydroxyl groups is 1. The highest BCUT2D eigenvalue weighted by Crippen LogP contribution is 2.31. The number of nitrogens with zero attached hydrogens (tertiary/aromatic N) is 4. The molecule has 0 spiro atoms. The van der Waals surface area contributed by atoms with Crippen LogP contribution in [-0.4, -0.2) is 46.8 Å². The molecule has 4 aromatic heterocycles. The van der Waals surface area contributed by atoms with E-state index in [1.165, 1.54) is 10.6 Å². The van der Waals surface area contributed by atoms with Crippen LogP contribution in [0.5, 0.6) is 0 Å². The van der Waals surface area contributed by atoms with Gasteiger partial charge in [-0.3, -0.25) is 14.7 Å². The molecule has 4 heterocycles. The first-order chi connectivity index (χ1) is 17.5. The number of benzene rings is 1. The first-order valence-electron chi connectivity index (χ1n) is 12.1. The van der Waals surface area contributed by atoms with Crippen molar-refractivity contribution in [3.05, 3.63) is 89.2 Å². The van der Waals surface area contributed by atoms with E-state index in [1.807, 2.05) is 41.1 Å². The van der Waals surface area contributed by atoms with Crippen LogP contribution < -0.4 is 10.9 Å². The molecule has 1 aromatic carbocycles. The van der Waals surface area contributed by atoms with Gasteiger partial charge in [0, 0.05) is 53.4 Å². The number of nitrogens with one attached hydrogen (secondary N) is 2. The Morgan fingerprint density at radius 2 is 2.11 bits per heavy atom. The van der Waals surface area contributed by atoms with E-state index in [9.17, 15) is 14.7 Å². The minimum Gasteiger partial charge on any atom is -0.388 e. The van der Waals surface area contributed by atoms with Crippen molar-refractivity contribution in [2.75, 3.05) is 0 Å². The van der Waals surface area contributed by atoms with Crippen molar-refractivity contribution in [1.82, 2.24) is 29.5 Å². The summed E-state index contributed by atoms with van der Waals surface area (Å²) in [7, 11) is 0. The van der Waals surface area contributed by atoms with Crippen LogP contribution in [0.2, 0.25) is 0 Å². The van der Waals surface area contributed by atoms with Crippen molar-refractivity contribution < 1.29 is 9.90 Å². The first kappa shape index (κ1) is 22.2. The van der Waals surface area contributed by atoms with E-state index in [1.54, 1.807) is 30.6 Å². The van der Waals surface area contributed by atoms with Crippen molar-refractivity contribution in [1.29, 1.82) is 0 Å². The lowest BCUT2D eigenvalue weighted by Gasteiger charge is -2.37. The Kier molecular flexibility index (Phi) is 5.41. The monoisotopic (exact) mass is 482 g/mol. The molecule has 0 aliphatic heterocycles. The smallest absolute Gasteiger partial charge is 0.251 e. The van der Waals surface area contributed by atoms with Gasteiger partial charge in [-0.05, 0) is 62.1 Å². The Labute approximate surface area is 206 Å². The zero-order valence-electron chi connectivity index (χ0n) is 19.6. The average molecular weight is 483 g/mol. The molecule has 1 amide bonds. The second-order valence-electron chi connectivity index (χ2n) is 9.60. The summed E-state index contributed by atoms with van der Waals surface area (Å²) < 4.78 is 3.46. The third-order valence-corrected chi connectivity index (χ3v) is 7.01.